The first-order valence-corrected chi connectivity index (χ1v) is 23.8. The van der Waals surface area contributed by atoms with Crippen LogP contribution in [-0.2, 0) is 30.1 Å². The molecule has 306 valence electrons. The highest BCUT2D eigenvalue weighted by Crippen LogP contribution is 2.47. The summed E-state index contributed by atoms with van der Waals surface area (Å²) in [6.07, 6.45) is 6.47. The van der Waals surface area contributed by atoms with Crippen molar-refractivity contribution in [3.63, 3.8) is 0 Å². The average Bonchev–Trinajstić information content (AvgIpc) is 3.20. The van der Waals surface area contributed by atoms with E-state index in [4.69, 9.17) is 35.3 Å². The van der Waals surface area contributed by atoms with Gasteiger partial charge in [0.25, 0.3) is 8.32 Å². The van der Waals surface area contributed by atoms with Crippen LogP contribution in [0.5, 0.6) is 5.75 Å². The van der Waals surface area contributed by atoms with Crippen LogP contribution in [0.1, 0.15) is 117 Å². The van der Waals surface area contributed by atoms with E-state index in [1.54, 1.807) is 0 Å². The second-order valence-corrected chi connectivity index (χ2v) is 20.6. The van der Waals surface area contributed by atoms with Crippen LogP contribution >= 0.6 is 27.5 Å². The number of halogens is 2. The third-order valence-corrected chi connectivity index (χ3v) is 16.8. The van der Waals surface area contributed by atoms with Gasteiger partial charge in [-0.3, -0.25) is 0 Å². The lowest BCUT2D eigenvalue weighted by Gasteiger charge is -2.47. The maximum Gasteiger partial charge on any atom is 0.258 e. The normalized spacial score (nSPS) is 20.6. The number of rotatable bonds is 24. The number of hydrogen-bond acceptors (Lipinski definition) is 7. The van der Waals surface area contributed by atoms with E-state index in [-0.39, 0.29) is 10.8 Å². The Bertz CT molecular complexity index is 1510. The zero-order chi connectivity index (χ0) is 39.8. The number of hydrogen-bond donors (Lipinski definition) is 2. The van der Waals surface area contributed by atoms with Gasteiger partial charge in [0.05, 0.1) is 16.1 Å². The van der Waals surface area contributed by atoms with Gasteiger partial charge in [-0.25, -0.2) is 0 Å². The van der Waals surface area contributed by atoms with Gasteiger partial charge in [0.15, 0.2) is 0 Å². The zero-order valence-corrected chi connectivity index (χ0v) is 37.4. The molecule has 0 spiro atoms. The van der Waals surface area contributed by atoms with Gasteiger partial charge in [-0.1, -0.05) is 146 Å². The molecule has 1 fully saturated rings. The van der Waals surface area contributed by atoms with E-state index in [1.165, 1.54) is 0 Å². The molecule has 1 heterocycles. The summed E-state index contributed by atoms with van der Waals surface area (Å²) in [5.41, 5.74) is 1.52. The Balaban J connectivity index is 1.77. The first kappa shape index (κ1) is 45.9. The van der Waals surface area contributed by atoms with Crippen molar-refractivity contribution in [2.24, 2.45) is 0 Å². The highest BCUT2D eigenvalue weighted by molar-refractivity contribution is 9.10. The largest absolute Gasteiger partial charge is 0.505 e. The van der Waals surface area contributed by atoms with Crippen molar-refractivity contribution in [2.75, 3.05) is 33.0 Å². The van der Waals surface area contributed by atoms with Crippen molar-refractivity contribution >= 4 is 46.2 Å². The molecule has 0 amide bonds. The summed E-state index contributed by atoms with van der Waals surface area (Å²) in [6.45, 7) is 15.6. The summed E-state index contributed by atoms with van der Waals surface area (Å²) in [5.74, 6) is -0.0398. The van der Waals surface area contributed by atoms with Crippen LogP contribution in [-0.4, -0.2) is 75.7 Å². The number of unbranched alkanes of at least 4 members (excludes halogenated alkanes) is 4. The summed E-state index contributed by atoms with van der Waals surface area (Å²) in [4.78, 5) is 12.9. The highest BCUT2D eigenvalue weighted by Gasteiger charge is 2.51. The Morgan fingerprint density at radius 2 is 1.24 bits per heavy atom. The standard InChI is InChI=1S/C45H66BrClO7Si/c1-7-11-27-50-32-37-42(51-28-12-8-2)44(53-30-14-10-4)43(52-29-13-9-3)41(54-37)36-31-33(39(47)40(48)38(36)46)25-26-45(5,6)55(49,34-21-17-15-18-22-34)35-23-19-16-20-24-35/h15-24,31,37,41-44,48-49H,7-14,25-30,32H2,1-6H3/t37-,41?,42-,43+,44+/m1/s1. The number of aryl methyl sites for hydroxylation is 1. The van der Waals surface area contributed by atoms with E-state index in [2.05, 4.69) is 57.5 Å². The predicted octanol–water partition coefficient (Wildman–Crippen LogP) is 10.1. The molecule has 0 saturated carbocycles. The fourth-order valence-corrected chi connectivity index (χ4v) is 12.1. The van der Waals surface area contributed by atoms with Gasteiger partial charge in [-0.15, -0.1) is 0 Å². The van der Waals surface area contributed by atoms with Crippen LogP contribution in [0.2, 0.25) is 10.1 Å². The summed E-state index contributed by atoms with van der Waals surface area (Å²) >= 11 is 10.7. The molecule has 1 unspecified atom stereocenters. The minimum Gasteiger partial charge on any atom is -0.505 e. The molecule has 1 aliphatic rings. The van der Waals surface area contributed by atoms with E-state index >= 15 is 0 Å². The molecular formula is C45H66BrClO7Si. The Morgan fingerprint density at radius 3 is 1.76 bits per heavy atom. The lowest BCUT2D eigenvalue weighted by Crippen LogP contribution is -2.65. The monoisotopic (exact) mass is 860 g/mol. The average molecular weight is 862 g/mol. The summed E-state index contributed by atoms with van der Waals surface area (Å²) < 4.78 is 33.9. The van der Waals surface area contributed by atoms with Gasteiger partial charge >= 0.3 is 0 Å². The molecule has 0 bridgehead atoms. The number of ether oxygens (including phenoxy) is 5. The topological polar surface area (TPSA) is 86.6 Å². The molecule has 0 aliphatic carbocycles. The maximum absolute atomic E-state index is 12.9. The Labute approximate surface area is 345 Å². The lowest BCUT2D eigenvalue weighted by atomic mass is 9.89. The molecule has 2 N–H and O–H groups in total. The Hall–Kier alpha value is -1.79. The van der Waals surface area contributed by atoms with Crippen molar-refractivity contribution < 1.29 is 33.6 Å². The van der Waals surface area contributed by atoms with Crippen LogP contribution < -0.4 is 10.4 Å². The molecule has 55 heavy (non-hydrogen) atoms. The maximum atomic E-state index is 12.9. The molecule has 3 aromatic carbocycles. The van der Waals surface area contributed by atoms with E-state index in [0.29, 0.717) is 50.3 Å². The number of benzene rings is 3. The molecule has 0 aromatic heterocycles. The molecule has 10 heteroatoms. The Kier molecular flexibility index (Phi) is 19.2. The van der Waals surface area contributed by atoms with Crippen LogP contribution in [0.25, 0.3) is 0 Å². The number of phenolic OH excluding ortho intramolecular Hbond substituents is 1. The fourth-order valence-electron chi connectivity index (χ4n) is 7.43. The third kappa shape index (κ3) is 11.7. The molecule has 5 atom stereocenters. The van der Waals surface area contributed by atoms with E-state index in [1.807, 2.05) is 66.7 Å². The Morgan fingerprint density at radius 1 is 0.745 bits per heavy atom. The van der Waals surface area contributed by atoms with E-state index < -0.39 is 43.9 Å². The van der Waals surface area contributed by atoms with Gasteiger partial charge < -0.3 is 33.6 Å². The van der Waals surface area contributed by atoms with E-state index in [9.17, 15) is 9.90 Å². The van der Waals surface area contributed by atoms with Crippen molar-refractivity contribution in [3.05, 3.63) is 87.4 Å². The molecule has 4 rings (SSSR count). The van der Waals surface area contributed by atoms with E-state index in [0.717, 1.165) is 72.9 Å². The fraction of sp³-hybridized carbons (Fsp3) is 0.600. The van der Waals surface area contributed by atoms with Crippen molar-refractivity contribution in [2.45, 2.75) is 141 Å². The summed E-state index contributed by atoms with van der Waals surface area (Å²) in [7, 11) is -3.28. The number of aromatic hydroxyl groups is 1. The second kappa shape index (κ2) is 23.0. The highest BCUT2D eigenvalue weighted by atomic mass is 79.9. The minimum absolute atomic E-state index is 0.0398. The molecule has 7 nitrogen and oxygen atoms in total. The molecular weight excluding hydrogens is 796 g/mol. The van der Waals surface area contributed by atoms with Crippen molar-refractivity contribution in [1.82, 2.24) is 0 Å². The first-order valence-electron chi connectivity index (χ1n) is 20.7. The quantitative estimate of drug-likeness (QED) is 0.0685. The van der Waals surface area contributed by atoms with Gasteiger partial charge in [-0.05, 0) is 75.4 Å². The van der Waals surface area contributed by atoms with Gasteiger partial charge in [0, 0.05) is 32.0 Å². The van der Waals surface area contributed by atoms with Gasteiger partial charge in [-0.2, -0.15) is 0 Å². The van der Waals surface area contributed by atoms with Crippen LogP contribution in [0.3, 0.4) is 0 Å². The predicted molar refractivity (Wildman–Crippen MR) is 231 cm³/mol. The second-order valence-electron chi connectivity index (χ2n) is 15.5. The van der Waals surface area contributed by atoms with Gasteiger partial charge in [0.2, 0.25) is 0 Å². The van der Waals surface area contributed by atoms with Crippen molar-refractivity contribution in [1.29, 1.82) is 0 Å². The smallest absolute Gasteiger partial charge is 0.258 e. The van der Waals surface area contributed by atoms with Crippen LogP contribution in [0, 0.1) is 0 Å². The molecule has 1 saturated heterocycles. The SMILES string of the molecule is CCCCOC[C@H]1OC(c2cc(CCC(C)(C)[Si](O)(c3ccccc3)c3ccccc3)c(Cl)c(O)c2Br)[C@H](OCCCC)[C@@H](OCCCC)[C@@H]1OCCCC. The molecule has 3 aromatic rings. The van der Waals surface area contributed by atoms with Crippen LogP contribution in [0.4, 0.5) is 0 Å². The molecule has 1 aliphatic heterocycles. The number of phenols is 1. The lowest BCUT2D eigenvalue weighted by molar-refractivity contribution is -0.268. The van der Waals surface area contributed by atoms with Crippen molar-refractivity contribution in [3.8, 4) is 5.75 Å². The zero-order valence-electron chi connectivity index (χ0n) is 34.0. The van der Waals surface area contributed by atoms with Crippen LogP contribution in [0.15, 0.2) is 71.2 Å². The minimum atomic E-state index is -3.28. The first-order chi connectivity index (χ1) is 26.5. The van der Waals surface area contributed by atoms with Gasteiger partial charge in [0.1, 0.15) is 36.3 Å². The third-order valence-electron chi connectivity index (χ3n) is 11.0. The summed E-state index contributed by atoms with van der Waals surface area (Å²) in [6, 6.07) is 22.1. The summed E-state index contributed by atoms with van der Waals surface area (Å²) in [5, 5.41) is 13.3. The molecule has 0 radical (unpaired) electrons.